The molecule has 0 atom stereocenters. The molecule has 2 aromatic carbocycles. The highest BCUT2D eigenvalue weighted by Crippen LogP contribution is 2.35. The molecule has 0 aliphatic carbocycles. The third-order valence-electron chi connectivity index (χ3n) is 6.27. The number of para-hydroxylation sites is 1. The van der Waals surface area contributed by atoms with E-state index in [4.69, 9.17) is 16.3 Å². The molecule has 0 unspecified atom stereocenters. The Morgan fingerprint density at radius 3 is 2.49 bits per heavy atom. The molecular weight excluding hydrogens is 533 g/mol. The highest BCUT2D eigenvalue weighted by Gasteiger charge is 2.37. The van der Waals surface area contributed by atoms with Gasteiger partial charge < -0.3 is 10.1 Å². The van der Waals surface area contributed by atoms with Gasteiger partial charge in [0.25, 0.3) is 5.91 Å². The van der Waals surface area contributed by atoms with Crippen LogP contribution in [0.3, 0.4) is 0 Å². The molecular formula is C27H22ClF3N6O2. The number of benzene rings is 2. The first-order valence-electron chi connectivity index (χ1n) is 11.8. The number of methoxy groups -OCH3 is 1. The van der Waals surface area contributed by atoms with Crippen molar-refractivity contribution in [2.45, 2.75) is 26.6 Å². The summed E-state index contributed by atoms with van der Waals surface area (Å²) >= 11 is 6.41. The van der Waals surface area contributed by atoms with Gasteiger partial charge in [-0.25, -0.2) is 14.2 Å². The van der Waals surface area contributed by atoms with E-state index >= 15 is 0 Å². The summed E-state index contributed by atoms with van der Waals surface area (Å²) in [5.41, 5.74) is 1.72. The van der Waals surface area contributed by atoms with Gasteiger partial charge in [0.1, 0.15) is 10.8 Å². The van der Waals surface area contributed by atoms with Crippen LogP contribution in [0.15, 0.2) is 60.7 Å². The molecule has 0 saturated carbocycles. The van der Waals surface area contributed by atoms with E-state index in [9.17, 15) is 18.0 Å². The second-order valence-corrected chi connectivity index (χ2v) is 9.11. The van der Waals surface area contributed by atoms with Crippen molar-refractivity contribution in [3.8, 4) is 22.7 Å². The standard InChI is InChI=1S/C27H22ClF3N6O2/c1-15-20(16(2)36(34-15)18-9-5-4-6-10-18)14-32-26(38)24-23(28)25-33-21(17-8-7-11-19(12-17)39-3)13-22(27(29,30)31)37(25)35-24/h4-13H,14H2,1-3H3,(H,32,38). The van der Waals surface area contributed by atoms with Crippen LogP contribution in [0.4, 0.5) is 13.2 Å². The number of halogens is 4. The molecule has 0 aliphatic heterocycles. The van der Waals surface area contributed by atoms with Crippen LogP contribution in [0, 0.1) is 13.8 Å². The molecule has 1 amide bonds. The van der Waals surface area contributed by atoms with Gasteiger partial charge in [-0.2, -0.15) is 23.4 Å². The Kier molecular flexibility index (Phi) is 6.77. The number of nitrogens with one attached hydrogen (secondary N) is 1. The number of amides is 1. The maximum absolute atomic E-state index is 14.0. The topological polar surface area (TPSA) is 86.3 Å². The number of carbonyl (C=O) groups is 1. The van der Waals surface area contributed by atoms with E-state index in [0.29, 0.717) is 21.5 Å². The van der Waals surface area contributed by atoms with Crippen molar-refractivity contribution in [2.24, 2.45) is 0 Å². The van der Waals surface area contributed by atoms with E-state index in [1.165, 1.54) is 7.11 Å². The Balaban J connectivity index is 1.50. The first-order chi connectivity index (χ1) is 18.6. The zero-order valence-electron chi connectivity index (χ0n) is 21.0. The average Bonchev–Trinajstić information content (AvgIpc) is 3.41. The minimum absolute atomic E-state index is 0.00191. The molecule has 0 bridgehead atoms. The van der Waals surface area contributed by atoms with Gasteiger partial charge in [-0.15, -0.1) is 0 Å². The molecule has 0 radical (unpaired) electrons. The molecule has 5 aromatic rings. The van der Waals surface area contributed by atoms with Gasteiger partial charge in [0.2, 0.25) is 0 Å². The van der Waals surface area contributed by atoms with E-state index in [2.05, 4.69) is 20.5 Å². The number of alkyl halides is 3. The molecule has 200 valence electrons. The van der Waals surface area contributed by atoms with Gasteiger partial charge in [0.15, 0.2) is 17.0 Å². The lowest BCUT2D eigenvalue weighted by atomic mass is 10.1. The lowest BCUT2D eigenvalue weighted by Crippen LogP contribution is -2.24. The first-order valence-corrected chi connectivity index (χ1v) is 12.2. The minimum atomic E-state index is -4.79. The van der Waals surface area contributed by atoms with Crippen molar-refractivity contribution in [3.63, 3.8) is 0 Å². The van der Waals surface area contributed by atoms with Crippen molar-refractivity contribution in [1.82, 2.24) is 29.7 Å². The van der Waals surface area contributed by atoms with Gasteiger partial charge in [-0.05, 0) is 44.2 Å². The maximum Gasteiger partial charge on any atom is 0.433 e. The van der Waals surface area contributed by atoms with Crippen LogP contribution < -0.4 is 10.1 Å². The smallest absolute Gasteiger partial charge is 0.433 e. The van der Waals surface area contributed by atoms with Crippen LogP contribution in [0.2, 0.25) is 5.02 Å². The summed E-state index contributed by atoms with van der Waals surface area (Å²) in [6.45, 7) is 3.75. The number of rotatable bonds is 6. The molecule has 0 fully saturated rings. The van der Waals surface area contributed by atoms with Crippen LogP contribution in [-0.4, -0.2) is 37.4 Å². The summed E-state index contributed by atoms with van der Waals surface area (Å²) in [6.07, 6.45) is -4.79. The molecule has 39 heavy (non-hydrogen) atoms. The van der Waals surface area contributed by atoms with Crippen LogP contribution in [0.25, 0.3) is 22.6 Å². The summed E-state index contributed by atoms with van der Waals surface area (Å²) < 4.78 is 49.6. The lowest BCUT2D eigenvalue weighted by Gasteiger charge is -2.11. The third-order valence-corrected chi connectivity index (χ3v) is 6.62. The van der Waals surface area contributed by atoms with E-state index < -0.39 is 17.8 Å². The Hall–Kier alpha value is -4.38. The number of ether oxygens (including phenoxy) is 1. The second-order valence-electron chi connectivity index (χ2n) is 8.73. The number of nitrogens with zero attached hydrogens (tertiary/aromatic N) is 5. The molecule has 5 rings (SSSR count). The Morgan fingerprint density at radius 2 is 1.79 bits per heavy atom. The largest absolute Gasteiger partial charge is 0.497 e. The maximum atomic E-state index is 14.0. The molecule has 8 nitrogen and oxygen atoms in total. The van der Waals surface area contributed by atoms with Crippen LogP contribution in [-0.2, 0) is 12.7 Å². The SMILES string of the molecule is COc1cccc(-c2cc(C(F)(F)F)n3nc(C(=O)NCc4c(C)nn(-c5ccccc5)c4C)c(Cl)c3n2)c1. The predicted molar refractivity (Wildman–Crippen MR) is 139 cm³/mol. The fourth-order valence-electron chi connectivity index (χ4n) is 4.27. The number of fused-ring (bicyclic) bond motifs is 1. The van der Waals surface area contributed by atoms with Crippen molar-refractivity contribution < 1.29 is 22.7 Å². The molecule has 0 spiro atoms. The Morgan fingerprint density at radius 1 is 1.05 bits per heavy atom. The Labute approximate surface area is 226 Å². The summed E-state index contributed by atoms with van der Waals surface area (Å²) in [5, 5.41) is 10.9. The molecule has 1 N–H and O–H groups in total. The predicted octanol–water partition coefficient (Wildman–Crippen LogP) is 5.81. The van der Waals surface area contributed by atoms with Gasteiger partial charge in [0.05, 0.1) is 24.2 Å². The fourth-order valence-corrected chi connectivity index (χ4v) is 4.52. The van der Waals surface area contributed by atoms with Crippen LogP contribution in [0.5, 0.6) is 5.75 Å². The zero-order chi connectivity index (χ0) is 27.9. The average molecular weight is 555 g/mol. The van der Waals surface area contributed by atoms with Crippen molar-refractivity contribution in [2.75, 3.05) is 7.11 Å². The number of aryl methyl sites for hydroxylation is 1. The van der Waals surface area contributed by atoms with Crippen LogP contribution >= 0.6 is 11.6 Å². The van der Waals surface area contributed by atoms with Crippen molar-refractivity contribution >= 4 is 23.2 Å². The number of carbonyl (C=O) groups excluding carboxylic acids is 1. The fraction of sp³-hybridized carbons (Fsp3) is 0.185. The van der Waals surface area contributed by atoms with E-state index in [0.717, 1.165) is 23.0 Å². The quantitative estimate of drug-likeness (QED) is 0.286. The second kappa shape index (κ2) is 10.1. The highest BCUT2D eigenvalue weighted by molar-refractivity contribution is 6.36. The zero-order valence-corrected chi connectivity index (χ0v) is 21.8. The highest BCUT2D eigenvalue weighted by atomic mass is 35.5. The third kappa shape index (κ3) is 4.92. The van der Waals surface area contributed by atoms with Gasteiger partial charge >= 0.3 is 6.18 Å². The van der Waals surface area contributed by atoms with Crippen LogP contribution in [0.1, 0.15) is 33.1 Å². The van der Waals surface area contributed by atoms with Gasteiger partial charge in [-0.1, -0.05) is 41.9 Å². The van der Waals surface area contributed by atoms with E-state index in [1.807, 2.05) is 44.2 Å². The van der Waals surface area contributed by atoms with E-state index in [1.54, 1.807) is 28.9 Å². The summed E-state index contributed by atoms with van der Waals surface area (Å²) in [5.74, 6) is -0.295. The Bertz CT molecular complexity index is 1700. The van der Waals surface area contributed by atoms with Gasteiger partial charge in [-0.3, -0.25) is 4.79 Å². The van der Waals surface area contributed by atoms with E-state index in [-0.39, 0.29) is 28.6 Å². The monoisotopic (exact) mass is 554 g/mol. The summed E-state index contributed by atoms with van der Waals surface area (Å²) in [7, 11) is 1.45. The molecule has 3 aromatic heterocycles. The van der Waals surface area contributed by atoms with Crippen molar-refractivity contribution in [1.29, 1.82) is 0 Å². The normalized spacial score (nSPS) is 11.7. The number of hydrogen-bond acceptors (Lipinski definition) is 5. The lowest BCUT2D eigenvalue weighted by molar-refractivity contribution is -0.142. The number of hydrogen-bond donors (Lipinski definition) is 1. The molecule has 0 aliphatic rings. The minimum Gasteiger partial charge on any atom is -0.497 e. The van der Waals surface area contributed by atoms with Crippen molar-refractivity contribution in [3.05, 3.63) is 94.0 Å². The molecule has 3 heterocycles. The summed E-state index contributed by atoms with van der Waals surface area (Å²) in [6, 6.07) is 16.8. The summed E-state index contributed by atoms with van der Waals surface area (Å²) in [4.78, 5) is 17.4. The first kappa shape index (κ1) is 26.2. The van der Waals surface area contributed by atoms with Gasteiger partial charge in [0, 0.05) is 23.4 Å². The number of aromatic nitrogens is 5. The molecule has 0 saturated heterocycles. The molecule has 12 heteroatoms.